The molecule has 0 saturated carbocycles. The topological polar surface area (TPSA) is 66.4 Å². The monoisotopic (exact) mass is 285 g/mol. The summed E-state index contributed by atoms with van der Waals surface area (Å²) >= 11 is 1.26. The Hall–Kier alpha value is -1.56. The van der Waals surface area contributed by atoms with E-state index >= 15 is 0 Å². The number of thioether (sulfide) groups is 1. The Morgan fingerprint density at radius 1 is 1.42 bits per heavy atom. The van der Waals surface area contributed by atoms with Crippen LogP contribution in [0.2, 0.25) is 0 Å². The Bertz CT molecular complexity index is 465. The number of hydrogen-bond acceptors (Lipinski definition) is 3. The third kappa shape index (κ3) is 6.24. The number of benzene rings is 1. The second-order valence-corrected chi connectivity index (χ2v) is 5.16. The molecule has 0 aliphatic carbocycles. The van der Waals surface area contributed by atoms with Crippen molar-refractivity contribution in [1.82, 2.24) is 5.32 Å². The maximum absolute atomic E-state index is 13.3. The summed E-state index contributed by atoms with van der Waals surface area (Å²) < 4.78 is 13.3. The first-order valence-electron chi connectivity index (χ1n) is 5.80. The molecule has 0 unspecified atom stereocenters. The molecule has 0 atom stereocenters. The minimum Gasteiger partial charge on any atom is -0.481 e. The number of carbonyl (C=O) groups excluding carboxylic acids is 1. The van der Waals surface area contributed by atoms with E-state index in [1.807, 2.05) is 0 Å². The van der Waals surface area contributed by atoms with Crippen LogP contribution in [0.15, 0.2) is 18.2 Å². The van der Waals surface area contributed by atoms with E-state index in [0.29, 0.717) is 16.9 Å². The predicted octanol–water partition coefficient (Wildman–Crippen LogP) is 1.96. The van der Waals surface area contributed by atoms with Gasteiger partial charge >= 0.3 is 5.97 Å². The smallest absolute Gasteiger partial charge is 0.304 e. The fourth-order valence-corrected chi connectivity index (χ4v) is 2.07. The molecule has 6 heteroatoms. The van der Waals surface area contributed by atoms with E-state index in [0.717, 1.165) is 0 Å². The zero-order valence-electron chi connectivity index (χ0n) is 10.6. The second kappa shape index (κ2) is 7.78. The molecule has 0 aromatic heterocycles. The number of nitrogens with one attached hydrogen (secondary N) is 1. The molecule has 1 rings (SSSR count). The quantitative estimate of drug-likeness (QED) is 0.752. The predicted molar refractivity (Wildman–Crippen MR) is 72.6 cm³/mol. The SMILES string of the molecule is Cc1ccc(CNC(=O)CSCCC(=O)O)cc1F. The van der Waals surface area contributed by atoms with Crippen molar-refractivity contribution in [2.45, 2.75) is 19.9 Å². The lowest BCUT2D eigenvalue weighted by molar-refractivity contribution is -0.136. The molecule has 0 radical (unpaired) electrons. The van der Waals surface area contributed by atoms with Gasteiger partial charge in [-0.15, -0.1) is 0 Å². The normalized spacial score (nSPS) is 10.2. The summed E-state index contributed by atoms with van der Waals surface area (Å²) in [6.07, 6.45) is 0.0428. The number of carboxylic acids is 1. The summed E-state index contributed by atoms with van der Waals surface area (Å²) in [5.41, 5.74) is 1.27. The van der Waals surface area contributed by atoms with Crippen LogP contribution in [0.5, 0.6) is 0 Å². The summed E-state index contributed by atoms with van der Waals surface area (Å²) in [5, 5.41) is 11.1. The third-order valence-corrected chi connectivity index (χ3v) is 3.38. The van der Waals surface area contributed by atoms with Gasteiger partial charge in [-0.05, 0) is 24.1 Å². The molecule has 0 saturated heterocycles. The highest BCUT2D eigenvalue weighted by Crippen LogP contribution is 2.09. The van der Waals surface area contributed by atoms with Gasteiger partial charge < -0.3 is 10.4 Å². The zero-order valence-corrected chi connectivity index (χ0v) is 11.4. The lowest BCUT2D eigenvalue weighted by atomic mass is 10.1. The summed E-state index contributed by atoms with van der Waals surface area (Å²) in [4.78, 5) is 21.7. The molecule has 0 spiro atoms. The van der Waals surface area contributed by atoms with Crippen molar-refractivity contribution >= 4 is 23.6 Å². The van der Waals surface area contributed by atoms with Gasteiger partial charge in [-0.25, -0.2) is 4.39 Å². The second-order valence-electron chi connectivity index (χ2n) is 4.06. The van der Waals surface area contributed by atoms with Crippen molar-refractivity contribution in [3.05, 3.63) is 35.1 Å². The van der Waals surface area contributed by atoms with Gasteiger partial charge in [0.25, 0.3) is 0 Å². The van der Waals surface area contributed by atoms with Crippen molar-refractivity contribution in [1.29, 1.82) is 0 Å². The average molecular weight is 285 g/mol. The van der Waals surface area contributed by atoms with Crippen LogP contribution in [-0.2, 0) is 16.1 Å². The first-order valence-corrected chi connectivity index (χ1v) is 6.96. The highest BCUT2D eigenvalue weighted by atomic mass is 32.2. The van der Waals surface area contributed by atoms with Gasteiger partial charge in [0.2, 0.25) is 5.91 Å². The number of halogens is 1. The number of carbonyl (C=O) groups is 2. The Balaban J connectivity index is 2.26. The minimum atomic E-state index is -0.872. The summed E-state index contributed by atoms with van der Waals surface area (Å²) in [6, 6.07) is 4.82. The van der Waals surface area contributed by atoms with Crippen LogP contribution in [-0.4, -0.2) is 28.5 Å². The lowest BCUT2D eigenvalue weighted by Crippen LogP contribution is -2.24. The zero-order chi connectivity index (χ0) is 14.3. The van der Waals surface area contributed by atoms with E-state index in [-0.39, 0.29) is 30.4 Å². The molecule has 0 heterocycles. The number of hydrogen-bond donors (Lipinski definition) is 2. The first kappa shape index (κ1) is 15.5. The summed E-state index contributed by atoms with van der Waals surface area (Å²) in [6.45, 7) is 1.95. The van der Waals surface area contributed by atoms with Crippen LogP contribution >= 0.6 is 11.8 Å². The summed E-state index contributed by atoms with van der Waals surface area (Å²) in [5.74, 6) is -0.731. The van der Waals surface area contributed by atoms with Gasteiger partial charge in [0.15, 0.2) is 0 Å². The van der Waals surface area contributed by atoms with Crippen molar-refractivity contribution in [3.63, 3.8) is 0 Å². The molecule has 4 nitrogen and oxygen atoms in total. The minimum absolute atomic E-state index is 0.0428. The number of aliphatic carboxylic acids is 1. The van der Waals surface area contributed by atoms with Gasteiger partial charge in [-0.2, -0.15) is 11.8 Å². The van der Waals surface area contributed by atoms with Gasteiger partial charge in [0, 0.05) is 12.3 Å². The highest BCUT2D eigenvalue weighted by Gasteiger charge is 2.04. The molecule has 2 N–H and O–H groups in total. The Kier molecular flexibility index (Phi) is 6.35. The Morgan fingerprint density at radius 2 is 2.16 bits per heavy atom. The number of aryl methyl sites for hydroxylation is 1. The molecule has 0 bridgehead atoms. The van der Waals surface area contributed by atoms with Crippen LogP contribution < -0.4 is 5.32 Å². The van der Waals surface area contributed by atoms with Crippen LogP contribution in [0.3, 0.4) is 0 Å². The maximum atomic E-state index is 13.3. The standard InChI is InChI=1S/C13H16FNO3S/c1-9-2-3-10(6-11(9)14)7-15-12(16)8-19-5-4-13(17)18/h2-3,6H,4-5,7-8H2,1H3,(H,15,16)(H,17,18). The van der Waals surface area contributed by atoms with Crippen LogP contribution in [0.25, 0.3) is 0 Å². The molecule has 0 aliphatic rings. The third-order valence-electron chi connectivity index (χ3n) is 2.42. The van der Waals surface area contributed by atoms with E-state index in [2.05, 4.69) is 5.32 Å². The van der Waals surface area contributed by atoms with Crippen molar-refractivity contribution < 1.29 is 19.1 Å². The molecule has 1 aromatic carbocycles. The molecule has 0 fully saturated rings. The van der Waals surface area contributed by atoms with Gasteiger partial charge in [0.1, 0.15) is 5.82 Å². The average Bonchev–Trinajstić information content (AvgIpc) is 2.36. The fraction of sp³-hybridized carbons (Fsp3) is 0.385. The largest absolute Gasteiger partial charge is 0.481 e. The summed E-state index contributed by atoms with van der Waals surface area (Å²) in [7, 11) is 0. The molecule has 1 amide bonds. The van der Waals surface area contributed by atoms with E-state index in [9.17, 15) is 14.0 Å². The fourth-order valence-electron chi connectivity index (χ4n) is 1.32. The molecule has 0 aliphatic heterocycles. The Labute approximate surface area is 115 Å². The molecule has 1 aromatic rings. The molecule has 104 valence electrons. The van der Waals surface area contributed by atoms with Crippen LogP contribution in [0, 0.1) is 12.7 Å². The Morgan fingerprint density at radius 3 is 2.79 bits per heavy atom. The molecular formula is C13H16FNO3S. The highest BCUT2D eigenvalue weighted by molar-refractivity contribution is 7.99. The van der Waals surface area contributed by atoms with Crippen molar-refractivity contribution in [3.8, 4) is 0 Å². The van der Waals surface area contributed by atoms with E-state index in [1.165, 1.54) is 17.8 Å². The van der Waals surface area contributed by atoms with E-state index in [1.54, 1.807) is 19.1 Å². The maximum Gasteiger partial charge on any atom is 0.304 e. The number of carboxylic acid groups (broad SMARTS) is 1. The van der Waals surface area contributed by atoms with Crippen LogP contribution in [0.1, 0.15) is 17.5 Å². The van der Waals surface area contributed by atoms with Gasteiger partial charge in [0.05, 0.1) is 12.2 Å². The molecular weight excluding hydrogens is 269 g/mol. The number of rotatable bonds is 7. The lowest BCUT2D eigenvalue weighted by Gasteiger charge is -2.06. The number of amides is 1. The van der Waals surface area contributed by atoms with E-state index in [4.69, 9.17) is 5.11 Å². The first-order chi connectivity index (χ1) is 8.99. The van der Waals surface area contributed by atoms with Gasteiger partial charge in [-0.1, -0.05) is 12.1 Å². The molecule has 19 heavy (non-hydrogen) atoms. The van der Waals surface area contributed by atoms with E-state index < -0.39 is 5.97 Å². The van der Waals surface area contributed by atoms with Gasteiger partial charge in [-0.3, -0.25) is 9.59 Å². The van der Waals surface area contributed by atoms with Crippen molar-refractivity contribution in [2.24, 2.45) is 0 Å². The van der Waals surface area contributed by atoms with Crippen LogP contribution in [0.4, 0.5) is 4.39 Å². The van der Waals surface area contributed by atoms with Crippen molar-refractivity contribution in [2.75, 3.05) is 11.5 Å².